The summed E-state index contributed by atoms with van der Waals surface area (Å²) in [7, 11) is 1.33. The Morgan fingerprint density at radius 3 is 2.59 bits per heavy atom. The number of methoxy groups -OCH3 is 1. The van der Waals surface area contributed by atoms with Gasteiger partial charge >= 0.3 is 5.97 Å². The number of aliphatic hydroxyl groups is 1. The highest BCUT2D eigenvalue weighted by molar-refractivity contribution is 5.89. The number of carbonyl (C=O) groups is 2. The van der Waals surface area contributed by atoms with Gasteiger partial charge in [0, 0.05) is 19.6 Å². The lowest BCUT2D eigenvalue weighted by molar-refractivity contribution is -0.137. The molecule has 0 saturated carbocycles. The Morgan fingerprint density at radius 2 is 2.12 bits per heavy atom. The highest BCUT2D eigenvalue weighted by Crippen LogP contribution is 2.32. The van der Waals surface area contributed by atoms with Gasteiger partial charge in [0.05, 0.1) is 0 Å². The summed E-state index contributed by atoms with van der Waals surface area (Å²) in [5.41, 5.74) is -0.797. The van der Waals surface area contributed by atoms with Crippen LogP contribution in [0.2, 0.25) is 0 Å². The molecule has 0 spiro atoms. The molecule has 1 aliphatic carbocycles. The molecule has 0 heterocycles. The predicted octanol–water partition coefficient (Wildman–Crippen LogP) is 1.37. The van der Waals surface area contributed by atoms with Crippen molar-refractivity contribution < 1.29 is 24.5 Å². The van der Waals surface area contributed by atoms with Crippen molar-refractivity contribution in [2.45, 2.75) is 18.9 Å². The Hall–Kier alpha value is -1.88. The number of ketones is 1. The van der Waals surface area contributed by atoms with E-state index < -0.39 is 11.6 Å². The predicted molar refractivity (Wildman–Crippen MR) is 60.6 cm³/mol. The standard InChI is InChI=1S/C12H14O5/c1-8(13)12(17-2)7-9(3-5-10(12)14)4-6-11(15)16/h3-6,14H,7H2,1-2H3,(H,15,16)/b6-4+. The van der Waals surface area contributed by atoms with Crippen LogP contribution in [0.15, 0.2) is 35.6 Å². The zero-order chi connectivity index (χ0) is 13.1. The van der Waals surface area contributed by atoms with Gasteiger partial charge in [-0.25, -0.2) is 4.79 Å². The van der Waals surface area contributed by atoms with Crippen LogP contribution in [0.1, 0.15) is 13.3 Å². The molecular formula is C12H14O5. The van der Waals surface area contributed by atoms with E-state index in [-0.39, 0.29) is 18.0 Å². The van der Waals surface area contributed by atoms with Gasteiger partial charge in [0.1, 0.15) is 5.76 Å². The highest BCUT2D eigenvalue weighted by atomic mass is 16.5. The van der Waals surface area contributed by atoms with Crippen molar-refractivity contribution in [2.75, 3.05) is 7.11 Å². The first kappa shape index (κ1) is 13.2. The zero-order valence-corrected chi connectivity index (χ0v) is 9.64. The summed E-state index contributed by atoms with van der Waals surface area (Å²) in [5, 5.41) is 18.2. The summed E-state index contributed by atoms with van der Waals surface area (Å²) < 4.78 is 5.10. The molecule has 1 rings (SSSR count). The third-order valence-electron chi connectivity index (χ3n) is 2.68. The molecule has 0 aliphatic heterocycles. The number of aliphatic carboxylic acids is 1. The molecule has 1 unspecified atom stereocenters. The Balaban J connectivity index is 3.04. The SMILES string of the molecule is COC1(C(C)=O)CC(/C=C/C(=O)O)=CC=C1O. The van der Waals surface area contributed by atoms with Gasteiger partial charge in [0.15, 0.2) is 11.4 Å². The maximum Gasteiger partial charge on any atom is 0.328 e. The molecule has 0 aromatic heterocycles. The maximum absolute atomic E-state index is 11.6. The molecule has 0 radical (unpaired) electrons. The van der Waals surface area contributed by atoms with E-state index in [1.54, 1.807) is 6.08 Å². The minimum atomic E-state index is -1.40. The molecule has 5 heteroatoms. The van der Waals surface area contributed by atoms with E-state index >= 15 is 0 Å². The second kappa shape index (κ2) is 4.97. The Morgan fingerprint density at radius 1 is 1.47 bits per heavy atom. The van der Waals surface area contributed by atoms with Crippen LogP contribution >= 0.6 is 0 Å². The van der Waals surface area contributed by atoms with Crippen LogP contribution in [0.3, 0.4) is 0 Å². The number of carboxylic acid groups (broad SMARTS) is 1. The fraction of sp³-hybridized carbons (Fsp3) is 0.333. The molecule has 1 atom stereocenters. The summed E-state index contributed by atoms with van der Waals surface area (Å²) in [4.78, 5) is 21.9. The molecular weight excluding hydrogens is 224 g/mol. The highest BCUT2D eigenvalue weighted by Gasteiger charge is 2.41. The number of rotatable bonds is 4. The molecule has 0 aromatic carbocycles. The van der Waals surface area contributed by atoms with E-state index in [9.17, 15) is 14.7 Å². The molecule has 17 heavy (non-hydrogen) atoms. The van der Waals surface area contributed by atoms with Gasteiger partial charge in [-0.2, -0.15) is 0 Å². The smallest absolute Gasteiger partial charge is 0.328 e. The first-order valence-corrected chi connectivity index (χ1v) is 5.00. The van der Waals surface area contributed by atoms with Gasteiger partial charge in [-0.1, -0.05) is 12.2 Å². The van der Waals surface area contributed by atoms with E-state index in [1.807, 2.05) is 0 Å². The number of hydrogen-bond acceptors (Lipinski definition) is 4. The molecule has 0 aromatic rings. The Bertz CT molecular complexity index is 430. The molecule has 0 bridgehead atoms. The van der Waals surface area contributed by atoms with Gasteiger partial charge < -0.3 is 14.9 Å². The van der Waals surface area contributed by atoms with Crippen molar-refractivity contribution >= 4 is 11.8 Å². The molecule has 92 valence electrons. The number of carboxylic acids is 1. The van der Waals surface area contributed by atoms with E-state index in [4.69, 9.17) is 9.84 Å². The van der Waals surface area contributed by atoms with Gasteiger partial charge in [0.2, 0.25) is 0 Å². The van der Waals surface area contributed by atoms with Gasteiger partial charge in [-0.05, 0) is 18.6 Å². The van der Waals surface area contributed by atoms with Crippen LogP contribution in [0.25, 0.3) is 0 Å². The number of ether oxygens (including phenoxy) is 1. The van der Waals surface area contributed by atoms with Gasteiger partial charge in [-0.15, -0.1) is 0 Å². The average Bonchev–Trinajstić information content (AvgIpc) is 2.27. The maximum atomic E-state index is 11.6. The molecule has 0 fully saturated rings. The van der Waals surface area contributed by atoms with Crippen molar-refractivity contribution in [2.24, 2.45) is 0 Å². The lowest BCUT2D eigenvalue weighted by atomic mass is 9.84. The van der Waals surface area contributed by atoms with Crippen molar-refractivity contribution in [1.82, 2.24) is 0 Å². The summed E-state index contributed by atoms with van der Waals surface area (Å²) >= 11 is 0. The Kier molecular flexibility index (Phi) is 3.85. The number of aliphatic hydroxyl groups excluding tert-OH is 1. The molecule has 0 amide bonds. The van der Waals surface area contributed by atoms with Gasteiger partial charge in [0.25, 0.3) is 0 Å². The summed E-state index contributed by atoms with van der Waals surface area (Å²) in [5.74, 6) is -1.57. The van der Waals surface area contributed by atoms with E-state index in [0.717, 1.165) is 6.08 Å². The van der Waals surface area contributed by atoms with Crippen molar-refractivity contribution in [3.05, 3.63) is 35.6 Å². The topological polar surface area (TPSA) is 83.8 Å². The van der Waals surface area contributed by atoms with Crippen LogP contribution in [0.5, 0.6) is 0 Å². The fourth-order valence-corrected chi connectivity index (χ4v) is 1.68. The number of carbonyl (C=O) groups excluding carboxylic acids is 1. The van der Waals surface area contributed by atoms with Crippen LogP contribution in [-0.2, 0) is 14.3 Å². The average molecular weight is 238 g/mol. The minimum absolute atomic E-state index is 0.116. The van der Waals surface area contributed by atoms with Crippen LogP contribution in [0.4, 0.5) is 0 Å². The summed E-state index contributed by atoms with van der Waals surface area (Å²) in [6.45, 7) is 1.32. The Labute approximate surface area is 98.7 Å². The van der Waals surface area contributed by atoms with Crippen molar-refractivity contribution in [3.8, 4) is 0 Å². The normalized spacial score (nSPS) is 24.4. The van der Waals surface area contributed by atoms with Crippen molar-refractivity contribution in [3.63, 3.8) is 0 Å². The minimum Gasteiger partial charge on any atom is -0.509 e. The van der Waals surface area contributed by atoms with E-state index in [0.29, 0.717) is 5.57 Å². The number of Topliss-reactive ketones (excluding diaryl/α,β-unsaturated/α-hetero) is 1. The number of hydrogen-bond donors (Lipinski definition) is 2. The second-order valence-corrected chi connectivity index (χ2v) is 3.73. The van der Waals surface area contributed by atoms with Crippen LogP contribution in [-0.4, -0.2) is 34.7 Å². The summed E-state index contributed by atoms with van der Waals surface area (Å²) in [6.07, 6.45) is 5.36. The largest absolute Gasteiger partial charge is 0.509 e. The van der Waals surface area contributed by atoms with Crippen LogP contribution in [0, 0.1) is 0 Å². The summed E-state index contributed by atoms with van der Waals surface area (Å²) in [6, 6.07) is 0. The molecule has 5 nitrogen and oxygen atoms in total. The second-order valence-electron chi connectivity index (χ2n) is 3.73. The monoisotopic (exact) mass is 238 g/mol. The number of allylic oxidation sites excluding steroid dienone is 3. The fourth-order valence-electron chi connectivity index (χ4n) is 1.68. The van der Waals surface area contributed by atoms with E-state index in [1.165, 1.54) is 26.2 Å². The third kappa shape index (κ3) is 2.62. The lowest BCUT2D eigenvalue weighted by Gasteiger charge is -2.31. The zero-order valence-electron chi connectivity index (χ0n) is 9.64. The molecule has 2 N–H and O–H groups in total. The molecule has 1 aliphatic rings. The van der Waals surface area contributed by atoms with Crippen LogP contribution < -0.4 is 0 Å². The third-order valence-corrected chi connectivity index (χ3v) is 2.68. The van der Waals surface area contributed by atoms with Crippen molar-refractivity contribution in [1.29, 1.82) is 0 Å². The quantitative estimate of drug-likeness (QED) is 0.723. The van der Waals surface area contributed by atoms with E-state index in [2.05, 4.69) is 0 Å². The van der Waals surface area contributed by atoms with Gasteiger partial charge in [-0.3, -0.25) is 4.79 Å². The first-order chi connectivity index (χ1) is 7.92. The lowest BCUT2D eigenvalue weighted by Crippen LogP contribution is -2.42. The first-order valence-electron chi connectivity index (χ1n) is 5.00. The molecule has 0 saturated heterocycles.